The predicted octanol–water partition coefficient (Wildman–Crippen LogP) is 1.66. The molecule has 0 saturated heterocycles. The monoisotopic (exact) mass is 251 g/mol. The molecule has 2 rings (SSSR count). The Kier molecular flexibility index (Phi) is 4.44. The van der Waals surface area contributed by atoms with Crippen LogP contribution in [-0.4, -0.2) is 42.4 Å². The number of fused-ring (bicyclic) bond motifs is 1. The number of para-hydroxylation sites is 1. The fourth-order valence-corrected chi connectivity index (χ4v) is 2.13. The molecule has 0 amide bonds. The van der Waals surface area contributed by atoms with Crippen molar-refractivity contribution in [3.63, 3.8) is 0 Å². The Labute approximate surface area is 108 Å². The number of ether oxygens (including phenoxy) is 2. The molecule has 0 aromatic heterocycles. The van der Waals surface area contributed by atoms with E-state index in [2.05, 4.69) is 24.8 Å². The lowest BCUT2D eigenvalue weighted by atomic mass is 10.1. The van der Waals surface area contributed by atoms with E-state index in [1.807, 2.05) is 12.1 Å². The molecule has 0 spiro atoms. The molecule has 1 aliphatic heterocycles. The van der Waals surface area contributed by atoms with E-state index in [1.165, 1.54) is 0 Å². The molecule has 4 heteroatoms. The third kappa shape index (κ3) is 2.94. The maximum Gasteiger partial charge on any atom is 0.165 e. The Morgan fingerprint density at radius 1 is 1.28 bits per heavy atom. The molecule has 1 N–H and O–H groups in total. The van der Waals surface area contributed by atoms with Crippen LogP contribution in [-0.2, 0) is 6.54 Å². The first-order valence-electron chi connectivity index (χ1n) is 6.44. The van der Waals surface area contributed by atoms with Crippen LogP contribution in [0.2, 0.25) is 0 Å². The third-order valence-electron chi connectivity index (χ3n) is 3.14. The smallest absolute Gasteiger partial charge is 0.165 e. The largest absolute Gasteiger partial charge is 0.486 e. The average Bonchev–Trinajstić information content (AvgIpc) is 2.38. The van der Waals surface area contributed by atoms with Gasteiger partial charge in [-0.25, -0.2) is 0 Å². The molecule has 18 heavy (non-hydrogen) atoms. The van der Waals surface area contributed by atoms with E-state index >= 15 is 0 Å². The van der Waals surface area contributed by atoms with E-state index in [4.69, 9.17) is 14.6 Å². The van der Waals surface area contributed by atoms with Gasteiger partial charge in [-0.05, 0) is 19.9 Å². The highest BCUT2D eigenvalue weighted by Crippen LogP contribution is 2.34. The molecule has 0 bridgehead atoms. The van der Waals surface area contributed by atoms with Gasteiger partial charge in [0, 0.05) is 24.7 Å². The summed E-state index contributed by atoms with van der Waals surface area (Å²) in [4.78, 5) is 2.22. The molecule has 0 unspecified atom stereocenters. The number of benzene rings is 1. The van der Waals surface area contributed by atoms with Crippen LogP contribution in [0.3, 0.4) is 0 Å². The third-order valence-corrected chi connectivity index (χ3v) is 3.14. The van der Waals surface area contributed by atoms with Crippen molar-refractivity contribution in [3.05, 3.63) is 23.8 Å². The zero-order valence-electron chi connectivity index (χ0n) is 11.1. The lowest BCUT2D eigenvalue weighted by Crippen LogP contribution is -2.33. The van der Waals surface area contributed by atoms with Crippen LogP contribution in [0.4, 0.5) is 0 Å². The van der Waals surface area contributed by atoms with Crippen molar-refractivity contribution in [2.24, 2.45) is 0 Å². The lowest BCUT2D eigenvalue weighted by Gasteiger charge is -2.28. The zero-order valence-corrected chi connectivity index (χ0v) is 11.1. The number of hydrogen-bond acceptors (Lipinski definition) is 4. The number of rotatable bonds is 5. The fraction of sp³-hybridized carbons (Fsp3) is 0.571. The van der Waals surface area contributed by atoms with Crippen molar-refractivity contribution >= 4 is 0 Å². The van der Waals surface area contributed by atoms with Gasteiger partial charge < -0.3 is 14.6 Å². The molecule has 100 valence electrons. The van der Waals surface area contributed by atoms with Crippen molar-refractivity contribution in [3.8, 4) is 11.5 Å². The first kappa shape index (κ1) is 13.2. The van der Waals surface area contributed by atoms with Gasteiger partial charge in [-0.2, -0.15) is 0 Å². The van der Waals surface area contributed by atoms with Crippen molar-refractivity contribution in [1.29, 1.82) is 0 Å². The van der Waals surface area contributed by atoms with Crippen LogP contribution in [0.15, 0.2) is 18.2 Å². The summed E-state index contributed by atoms with van der Waals surface area (Å²) in [6.07, 6.45) is 0. The van der Waals surface area contributed by atoms with Crippen molar-refractivity contribution in [2.45, 2.75) is 26.4 Å². The number of hydrogen-bond donors (Lipinski definition) is 1. The van der Waals surface area contributed by atoms with Gasteiger partial charge in [-0.15, -0.1) is 0 Å². The summed E-state index contributed by atoms with van der Waals surface area (Å²) in [5.74, 6) is 1.68. The minimum atomic E-state index is 0.171. The first-order valence-corrected chi connectivity index (χ1v) is 6.44. The van der Waals surface area contributed by atoms with Gasteiger partial charge in [-0.3, -0.25) is 4.90 Å². The zero-order chi connectivity index (χ0) is 13.0. The standard InChI is InChI=1S/C14H21NO3/c1-11(2)15(6-7-16)10-12-4-3-5-13-14(12)18-9-8-17-13/h3-5,11,16H,6-10H2,1-2H3. The van der Waals surface area contributed by atoms with Crippen LogP contribution < -0.4 is 9.47 Å². The van der Waals surface area contributed by atoms with Crippen molar-refractivity contribution < 1.29 is 14.6 Å². The Hall–Kier alpha value is -1.26. The molecule has 0 fully saturated rings. The highest BCUT2D eigenvalue weighted by molar-refractivity contribution is 5.47. The summed E-state index contributed by atoms with van der Waals surface area (Å²) in [5.41, 5.74) is 1.12. The Morgan fingerprint density at radius 2 is 2.06 bits per heavy atom. The molecule has 1 aromatic carbocycles. The topological polar surface area (TPSA) is 41.9 Å². The highest BCUT2D eigenvalue weighted by Gasteiger charge is 2.18. The second kappa shape index (κ2) is 6.07. The van der Waals surface area contributed by atoms with E-state index in [1.54, 1.807) is 0 Å². The maximum absolute atomic E-state index is 9.10. The van der Waals surface area contributed by atoms with Crippen molar-refractivity contribution in [2.75, 3.05) is 26.4 Å². The van der Waals surface area contributed by atoms with E-state index in [0.717, 1.165) is 23.6 Å². The number of nitrogens with zero attached hydrogens (tertiary/aromatic N) is 1. The van der Waals surface area contributed by atoms with Gasteiger partial charge in [0.25, 0.3) is 0 Å². The van der Waals surface area contributed by atoms with Gasteiger partial charge in [0.05, 0.1) is 6.61 Å². The number of aliphatic hydroxyl groups is 1. The molecule has 0 saturated carbocycles. The van der Waals surface area contributed by atoms with Crippen LogP contribution in [0.5, 0.6) is 11.5 Å². The number of aliphatic hydroxyl groups excluding tert-OH is 1. The van der Waals surface area contributed by atoms with Gasteiger partial charge in [0.2, 0.25) is 0 Å². The van der Waals surface area contributed by atoms with Gasteiger partial charge >= 0.3 is 0 Å². The second-order valence-electron chi connectivity index (χ2n) is 4.73. The summed E-state index contributed by atoms with van der Waals surface area (Å²) in [5, 5.41) is 9.10. The fourth-order valence-electron chi connectivity index (χ4n) is 2.13. The molecule has 1 aliphatic rings. The summed E-state index contributed by atoms with van der Waals surface area (Å²) in [6.45, 7) is 7.08. The van der Waals surface area contributed by atoms with Crippen LogP contribution in [0.25, 0.3) is 0 Å². The van der Waals surface area contributed by atoms with E-state index in [-0.39, 0.29) is 6.61 Å². The predicted molar refractivity (Wildman–Crippen MR) is 70.1 cm³/mol. The Morgan fingerprint density at radius 3 is 2.78 bits per heavy atom. The summed E-state index contributed by atoms with van der Waals surface area (Å²) < 4.78 is 11.3. The molecule has 0 aliphatic carbocycles. The van der Waals surface area contributed by atoms with E-state index < -0.39 is 0 Å². The molecule has 0 atom stereocenters. The average molecular weight is 251 g/mol. The molecule has 0 radical (unpaired) electrons. The minimum absolute atomic E-state index is 0.171. The van der Waals surface area contributed by atoms with Gasteiger partial charge in [0.1, 0.15) is 13.2 Å². The van der Waals surface area contributed by atoms with Crippen molar-refractivity contribution in [1.82, 2.24) is 4.90 Å². The SMILES string of the molecule is CC(C)N(CCO)Cc1cccc2c1OCCO2. The minimum Gasteiger partial charge on any atom is -0.486 e. The normalized spacial score (nSPS) is 14.3. The second-order valence-corrected chi connectivity index (χ2v) is 4.73. The Balaban J connectivity index is 2.17. The Bertz CT molecular complexity index is 393. The van der Waals surface area contributed by atoms with E-state index in [0.29, 0.717) is 25.8 Å². The highest BCUT2D eigenvalue weighted by atomic mass is 16.6. The lowest BCUT2D eigenvalue weighted by molar-refractivity contribution is 0.148. The van der Waals surface area contributed by atoms with E-state index in [9.17, 15) is 0 Å². The molecular weight excluding hydrogens is 230 g/mol. The maximum atomic E-state index is 9.10. The van der Waals surface area contributed by atoms with Gasteiger partial charge in [-0.1, -0.05) is 12.1 Å². The van der Waals surface area contributed by atoms with Gasteiger partial charge in [0.15, 0.2) is 11.5 Å². The molecule has 4 nitrogen and oxygen atoms in total. The molecule has 1 heterocycles. The van der Waals surface area contributed by atoms with Crippen LogP contribution >= 0.6 is 0 Å². The summed E-state index contributed by atoms with van der Waals surface area (Å²) >= 11 is 0. The van der Waals surface area contributed by atoms with Crippen LogP contribution in [0.1, 0.15) is 19.4 Å². The molecular formula is C14H21NO3. The van der Waals surface area contributed by atoms with Crippen LogP contribution in [0, 0.1) is 0 Å². The molecule has 1 aromatic rings. The summed E-state index contributed by atoms with van der Waals surface area (Å²) in [7, 11) is 0. The summed E-state index contributed by atoms with van der Waals surface area (Å²) in [6, 6.07) is 6.36. The quantitative estimate of drug-likeness (QED) is 0.864. The first-order chi connectivity index (χ1) is 8.72.